The largest absolute Gasteiger partial charge is 0.468 e. The van der Waals surface area contributed by atoms with Gasteiger partial charge in [-0.2, -0.15) is 0 Å². The van der Waals surface area contributed by atoms with Crippen molar-refractivity contribution in [2.24, 2.45) is 5.92 Å². The van der Waals surface area contributed by atoms with E-state index in [2.05, 4.69) is 0 Å². The van der Waals surface area contributed by atoms with Crippen molar-refractivity contribution in [3.05, 3.63) is 66.2 Å². The first kappa shape index (κ1) is 17.7. The molecular weight excluding hydrogens is 302 g/mol. The zero-order valence-corrected chi connectivity index (χ0v) is 14.1. The van der Waals surface area contributed by atoms with Crippen LogP contribution in [0.15, 0.2) is 60.7 Å². The normalized spacial score (nSPS) is 11.6. The molecule has 0 bridgehead atoms. The number of benzene rings is 2. The van der Waals surface area contributed by atoms with Gasteiger partial charge in [0.05, 0.1) is 7.11 Å². The van der Waals surface area contributed by atoms with Crippen LogP contribution in [-0.4, -0.2) is 26.0 Å². The summed E-state index contributed by atoms with van der Waals surface area (Å²) in [4.78, 5) is 26.3. The van der Waals surface area contributed by atoms with Gasteiger partial charge < -0.3 is 9.64 Å². The van der Waals surface area contributed by atoms with Gasteiger partial charge in [-0.05, 0) is 37.0 Å². The van der Waals surface area contributed by atoms with E-state index in [1.807, 2.05) is 60.7 Å². The van der Waals surface area contributed by atoms with Gasteiger partial charge in [0, 0.05) is 12.7 Å². The predicted molar refractivity (Wildman–Crippen MR) is 94.7 cm³/mol. The van der Waals surface area contributed by atoms with E-state index in [1.54, 1.807) is 7.05 Å². The maximum absolute atomic E-state index is 12.7. The number of carbonyl (C=O) groups excluding carboxylic acids is 2. The van der Waals surface area contributed by atoms with Crippen LogP contribution in [-0.2, 0) is 20.7 Å². The van der Waals surface area contributed by atoms with E-state index in [1.165, 1.54) is 17.6 Å². The maximum Gasteiger partial charge on any atom is 0.318 e. The monoisotopic (exact) mass is 325 g/mol. The Morgan fingerprint density at radius 1 is 1.00 bits per heavy atom. The van der Waals surface area contributed by atoms with Crippen molar-refractivity contribution in [1.82, 2.24) is 0 Å². The van der Waals surface area contributed by atoms with Gasteiger partial charge in [-0.15, -0.1) is 0 Å². The molecule has 1 amide bonds. The molecular formula is C20H23NO3. The third kappa shape index (κ3) is 4.69. The molecule has 1 unspecified atom stereocenters. The van der Waals surface area contributed by atoms with Crippen molar-refractivity contribution in [3.8, 4) is 0 Å². The zero-order valence-electron chi connectivity index (χ0n) is 14.1. The minimum Gasteiger partial charge on any atom is -0.468 e. The minimum atomic E-state index is -0.774. The average molecular weight is 325 g/mol. The molecule has 1 atom stereocenters. The molecule has 0 saturated heterocycles. The number of amides is 1. The number of anilines is 1. The van der Waals surface area contributed by atoms with E-state index in [9.17, 15) is 9.59 Å². The fourth-order valence-corrected chi connectivity index (χ4v) is 2.65. The lowest BCUT2D eigenvalue weighted by Gasteiger charge is -2.22. The Morgan fingerprint density at radius 3 is 2.17 bits per heavy atom. The number of carbonyl (C=O) groups is 2. The number of nitrogens with zero attached hydrogens (tertiary/aromatic N) is 1. The average Bonchev–Trinajstić information content (AvgIpc) is 2.65. The van der Waals surface area contributed by atoms with E-state index in [0.717, 1.165) is 18.5 Å². The number of esters is 1. The topological polar surface area (TPSA) is 46.6 Å². The van der Waals surface area contributed by atoms with Crippen LogP contribution >= 0.6 is 0 Å². The Hall–Kier alpha value is -2.62. The summed E-state index contributed by atoms with van der Waals surface area (Å²) >= 11 is 0. The van der Waals surface area contributed by atoms with Crippen LogP contribution in [0.1, 0.15) is 18.4 Å². The highest BCUT2D eigenvalue weighted by Crippen LogP contribution is 2.19. The number of methoxy groups -OCH3 is 1. The molecule has 0 saturated carbocycles. The summed E-state index contributed by atoms with van der Waals surface area (Å²) in [6.07, 6.45) is 2.05. The van der Waals surface area contributed by atoms with E-state index in [-0.39, 0.29) is 5.91 Å². The van der Waals surface area contributed by atoms with E-state index in [0.29, 0.717) is 6.42 Å². The van der Waals surface area contributed by atoms with Crippen molar-refractivity contribution in [2.45, 2.75) is 19.3 Å². The van der Waals surface area contributed by atoms with Crippen molar-refractivity contribution in [1.29, 1.82) is 0 Å². The second kappa shape index (κ2) is 8.87. The Labute approximate surface area is 143 Å². The summed E-state index contributed by atoms with van der Waals surface area (Å²) in [6.45, 7) is 0. The summed E-state index contributed by atoms with van der Waals surface area (Å²) < 4.78 is 4.84. The summed E-state index contributed by atoms with van der Waals surface area (Å²) in [5.74, 6) is -1.49. The first-order valence-corrected chi connectivity index (χ1v) is 8.08. The lowest BCUT2D eigenvalue weighted by Crippen LogP contribution is -2.37. The Kier molecular flexibility index (Phi) is 6.55. The van der Waals surface area contributed by atoms with Gasteiger partial charge >= 0.3 is 5.97 Å². The van der Waals surface area contributed by atoms with Crippen LogP contribution in [0.4, 0.5) is 5.69 Å². The highest BCUT2D eigenvalue weighted by molar-refractivity contribution is 6.05. The van der Waals surface area contributed by atoms with Crippen LogP contribution in [0.25, 0.3) is 0 Å². The standard InChI is InChI=1S/C20H23NO3/c1-21(17-13-7-4-8-14-17)19(22)18(20(23)24-2)15-9-12-16-10-5-3-6-11-16/h3-8,10-11,13-14,18H,9,12,15H2,1-2H3. The minimum absolute atomic E-state index is 0.235. The van der Waals surface area contributed by atoms with E-state index < -0.39 is 11.9 Å². The SMILES string of the molecule is COC(=O)C(CCCc1ccccc1)C(=O)N(C)c1ccccc1. The molecule has 0 heterocycles. The molecule has 2 rings (SSSR count). The molecule has 24 heavy (non-hydrogen) atoms. The second-order valence-electron chi connectivity index (χ2n) is 5.69. The first-order valence-electron chi connectivity index (χ1n) is 8.08. The molecule has 126 valence electrons. The summed E-state index contributed by atoms with van der Waals surface area (Å²) in [5, 5.41) is 0. The van der Waals surface area contributed by atoms with Crippen molar-refractivity contribution in [2.75, 3.05) is 19.1 Å². The third-order valence-electron chi connectivity index (χ3n) is 4.06. The number of para-hydroxylation sites is 1. The molecule has 0 N–H and O–H groups in total. The van der Waals surface area contributed by atoms with Gasteiger partial charge in [-0.25, -0.2) is 0 Å². The third-order valence-corrected chi connectivity index (χ3v) is 4.06. The van der Waals surface area contributed by atoms with Gasteiger partial charge in [-0.1, -0.05) is 48.5 Å². The first-order chi connectivity index (χ1) is 11.6. The molecule has 2 aromatic rings. The Balaban J connectivity index is 2.02. The van der Waals surface area contributed by atoms with E-state index >= 15 is 0 Å². The lowest BCUT2D eigenvalue weighted by atomic mass is 9.98. The van der Waals surface area contributed by atoms with Crippen molar-refractivity contribution >= 4 is 17.6 Å². The van der Waals surface area contributed by atoms with Gasteiger partial charge in [0.15, 0.2) is 0 Å². The summed E-state index contributed by atoms with van der Waals surface area (Å²) in [7, 11) is 3.01. The molecule has 2 aromatic carbocycles. The van der Waals surface area contributed by atoms with Gasteiger partial charge in [-0.3, -0.25) is 9.59 Å². The Morgan fingerprint density at radius 2 is 1.58 bits per heavy atom. The number of hydrogen-bond donors (Lipinski definition) is 0. The van der Waals surface area contributed by atoms with Gasteiger partial charge in [0.1, 0.15) is 5.92 Å². The number of aryl methyl sites for hydroxylation is 1. The van der Waals surface area contributed by atoms with Crippen LogP contribution in [0.3, 0.4) is 0 Å². The van der Waals surface area contributed by atoms with Crippen molar-refractivity contribution < 1.29 is 14.3 Å². The summed E-state index contributed by atoms with van der Waals surface area (Å²) in [6, 6.07) is 19.3. The van der Waals surface area contributed by atoms with Crippen LogP contribution in [0, 0.1) is 5.92 Å². The molecule has 4 heteroatoms. The van der Waals surface area contributed by atoms with Crippen LogP contribution in [0.2, 0.25) is 0 Å². The molecule has 0 aliphatic rings. The quantitative estimate of drug-likeness (QED) is 0.578. The Bertz CT molecular complexity index is 655. The fraction of sp³-hybridized carbons (Fsp3) is 0.300. The highest BCUT2D eigenvalue weighted by Gasteiger charge is 2.30. The highest BCUT2D eigenvalue weighted by atomic mass is 16.5. The zero-order chi connectivity index (χ0) is 17.4. The molecule has 0 aliphatic carbocycles. The lowest BCUT2D eigenvalue weighted by molar-refractivity contribution is -0.149. The predicted octanol–water partition coefficient (Wildman–Crippen LogP) is 3.46. The van der Waals surface area contributed by atoms with Crippen LogP contribution < -0.4 is 4.90 Å². The number of hydrogen-bond acceptors (Lipinski definition) is 3. The fourth-order valence-electron chi connectivity index (χ4n) is 2.65. The van der Waals surface area contributed by atoms with Crippen molar-refractivity contribution in [3.63, 3.8) is 0 Å². The molecule has 0 aliphatic heterocycles. The van der Waals surface area contributed by atoms with Crippen LogP contribution in [0.5, 0.6) is 0 Å². The smallest absolute Gasteiger partial charge is 0.318 e. The molecule has 0 radical (unpaired) electrons. The molecule has 0 spiro atoms. The summed E-state index contributed by atoms with van der Waals surface area (Å²) in [5.41, 5.74) is 1.96. The number of ether oxygens (including phenoxy) is 1. The molecule has 0 fully saturated rings. The van der Waals surface area contributed by atoms with Gasteiger partial charge in [0.2, 0.25) is 5.91 Å². The van der Waals surface area contributed by atoms with Gasteiger partial charge in [0.25, 0.3) is 0 Å². The maximum atomic E-state index is 12.7. The second-order valence-corrected chi connectivity index (χ2v) is 5.69. The van der Waals surface area contributed by atoms with E-state index in [4.69, 9.17) is 4.74 Å². The number of rotatable bonds is 7. The molecule has 4 nitrogen and oxygen atoms in total. The molecule has 0 aromatic heterocycles.